The fourth-order valence-corrected chi connectivity index (χ4v) is 1.42. The minimum Gasteiger partial charge on any atom is -0.457 e. The lowest BCUT2D eigenvalue weighted by atomic mass is 10.1. The average Bonchev–Trinajstić information content (AvgIpc) is 2.13. The Hall–Kier alpha value is -0.240. The molecule has 1 rings (SSSR count). The van der Waals surface area contributed by atoms with Crippen molar-refractivity contribution in [1.82, 2.24) is 0 Å². The molecule has 0 aliphatic heterocycles. The fraction of sp³-hybridized carbons (Fsp3) is 0.429. The number of hydrogen-bond acceptors (Lipinski definition) is 1. The van der Waals surface area contributed by atoms with Crippen LogP contribution in [0, 0.1) is 0 Å². The SMILES string of the molecule is CC(C)c1ccoc1Br. The molecule has 0 atom stereocenters. The maximum absolute atomic E-state index is 5.04. The molecule has 0 amide bonds. The van der Waals surface area contributed by atoms with E-state index in [-0.39, 0.29) is 0 Å². The van der Waals surface area contributed by atoms with E-state index in [2.05, 4.69) is 29.8 Å². The van der Waals surface area contributed by atoms with E-state index >= 15 is 0 Å². The van der Waals surface area contributed by atoms with Crippen molar-refractivity contribution in [2.24, 2.45) is 0 Å². The van der Waals surface area contributed by atoms with Crippen LogP contribution < -0.4 is 0 Å². The van der Waals surface area contributed by atoms with Crippen LogP contribution >= 0.6 is 15.9 Å². The van der Waals surface area contributed by atoms with Gasteiger partial charge in [0.05, 0.1) is 6.26 Å². The van der Waals surface area contributed by atoms with Crippen molar-refractivity contribution in [3.8, 4) is 0 Å². The molecule has 0 unspecified atom stereocenters. The van der Waals surface area contributed by atoms with Gasteiger partial charge in [0.15, 0.2) is 4.67 Å². The summed E-state index contributed by atoms with van der Waals surface area (Å²) in [5.41, 5.74) is 1.23. The van der Waals surface area contributed by atoms with Gasteiger partial charge in [0, 0.05) is 5.56 Å². The Bertz CT molecular complexity index is 191. The van der Waals surface area contributed by atoms with E-state index in [0.717, 1.165) is 4.67 Å². The molecule has 1 aromatic heterocycles. The first-order valence-electron chi connectivity index (χ1n) is 2.94. The second-order valence-corrected chi connectivity index (χ2v) is 3.02. The molecule has 0 aromatic carbocycles. The Labute approximate surface area is 63.2 Å². The Morgan fingerprint density at radius 2 is 2.22 bits per heavy atom. The van der Waals surface area contributed by atoms with Gasteiger partial charge < -0.3 is 4.42 Å². The summed E-state index contributed by atoms with van der Waals surface area (Å²) in [5, 5.41) is 0. The smallest absolute Gasteiger partial charge is 0.172 e. The van der Waals surface area contributed by atoms with Crippen LogP contribution in [0.3, 0.4) is 0 Å². The Morgan fingerprint density at radius 3 is 2.44 bits per heavy atom. The second kappa shape index (κ2) is 2.56. The van der Waals surface area contributed by atoms with Crippen molar-refractivity contribution in [3.63, 3.8) is 0 Å². The van der Waals surface area contributed by atoms with Gasteiger partial charge in [-0.05, 0) is 27.9 Å². The summed E-state index contributed by atoms with van der Waals surface area (Å²) < 4.78 is 5.90. The zero-order valence-corrected chi connectivity index (χ0v) is 7.10. The number of hydrogen-bond donors (Lipinski definition) is 0. The summed E-state index contributed by atoms with van der Waals surface area (Å²) in [7, 11) is 0. The Kier molecular flexibility index (Phi) is 1.96. The summed E-state index contributed by atoms with van der Waals surface area (Å²) in [6.07, 6.45) is 1.69. The Balaban J connectivity index is 2.94. The maximum Gasteiger partial charge on any atom is 0.172 e. The van der Waals surface area contributed by atoms with Gasteiger partial charge in [0.2, 0.25) is 0 Å². The molecule has 2 heteroatoms. The molecule has 1 heterocycles. The quantitative estimate of drug-likeness (QED) is 0.661. The van der Waals surface area contributed by atoms with E-state index in [1.807, 2.05) is 6.07 Å². The van der Waals surface area contributed by atoms with Gasteiger partial charge in [-0.2, -0.15) is 0 Å². The summed E-state index contributed by atoms with van der Waals surface area (Å²) in [6.45, 7) is 4.27. The summed E-state index contributed by atoms with van der Waals surface area (Å²) in [5.74, 6) is 0.540. The molecule has 1 nitrogen and oxygen atoms in total. The highest BCUT2D eigenvalue weighted by Gasteiger charge is 2.05. The predicted octanol–water partition coefficient (Wildman–Crippen LogP) is 3.17. The van der Waals surface area contributed by atoms with Crippen LogP contribution in [-0.2, 0) is 0 Å². The third-order valence-electron chi connectivity index (χ3n) is 1.27. The molecule has 0 aliphatic carbocycles. The van der Waals surface area contributed by atoms with Gasteiger partial charge in [-0.1, -0.05) is 13.8 Å². The van der Waals surface area contributed by atoms with Crippen LogP contribution in [0.5, 0.6) is 0 Å². The molecule has 0 N–H and O–H groups in total. The summed E-state index contributed by atoms with van der Waals surface area (Å²) in [4.78, 5) is 0. The van der Waals surface area contributed by atoms with Crippen molar-refractivity contribution >= 4 is 15.9 Å². The highest BCUT2D eigenvalue weighted by Crippen LogP contribution is 2.24. The number of furan rings is 1. The molecule has 0 saturated carbocycles. The van der Waals surface area contributed by atoms with Crippen LogP contribution in [0.1, 0.15) is 25.3 Å². The highest BCUT2D eigenvalue weighted by atomic mass is 79.9. The molecular weight excluding hydrogens is 180 g/mol. The molecular formula is C7H9BrO. The van der Waals surface area contributed by atoms with E-state index in [9.17, 15) is 0 Å². The molecule has 1 aromatic rings. The van der Waals surface area contributed by atoms with Gasteiger partial charge in [0.1, 0.15) is 0 Å². The lowest BCUT2D eigenvalue weighted by Gasteiger charge is -1.98. The standard InChI is InChI=1S/C7H9BrO/c1-5(2)6-3-4-9-7(6)8/h3-5H,1-2H3. The molecule has 0 spiro atoms. The highest BCUT2D eigenvalue weighted by molar-refractivity contribution is 9.10. The largest absolute Gasteiger partial charge is 0.457 e. The van der Waals surface area contributed by atoms with E-state index in [0.29, 0.717) is 5.92 Å². The van der Waals surface area contributed by atoms with Gasteiger partial charge in [-0.15, -0.1) is 0 Å². The number of halogens is 1. The first-order valence-corrected chi connectivity index (χ1v) is 3.74. The molecule has 0 bridgehead atoms. The third-order valence-corrected chi connectivity index (χ3v) is 1.91. The van der Waals surface area contributed by atoms with Gasteiger partial charge in [-0.25, -0.2) is 0 Å². The molecule has 0 saturated heterocycles. The van der Waals surface area contributed by atoms with E-state index < -0.39 is 0 Å². The van der Waals surface area contributed by atoms with Gasteiger partial charge in [-0.3, -0.25) is 0 Å². The van der Waals surface area contributed by atoms with Crippen molar-refractivity contribution in [3.05, 3.63) is 22.6 Å². The minimum atomic E-state index is 0.540. The second-order valence-electron chi connectivity index (χ2n) is 2.30. The van der Waals surface area contributed by atoms with Crippen molar-refractivity contribution in [1.29, 1.82) is 0 Å². The van der Waals surface area contributed by atoms with Crippen molar-refractivity contribution in [2.75, 3.05) is 0 Å². The van der Waals surface area contributed by atoms with E-state index in [1.54, 1.807) is 6.26 Å². The molecule has 9 heavy (non-hydrogen) atoms. The monoisotopic (exact) mass is 188 g/mol. The summed E-state index contributed by atoms with van der Waals surface area (Å²) in [6, 6.07) is 1.98. The predicted molar refractivity (Wildman–Crippen MR) is 40.5 cm³/mol. The van der Waals surface area contributed by atoms with Gasteiger partial charge >= 0.3 is 0 Å². The minimum absolute atomic E-state index is 0.540. The van der Waals surface area contributed by atoms with Crippen molar-refractivity contribution < 1.29 is 4.42 Å². The topological polar surface area (TPSA) is 13.1 Å². The van der Waals surface area contributed by atoms with Gasteiger partial charge in [0.25, 0.3) is 0 Å². The zero-order chi connectivity index (χ0) is 6.85. The van der Waals surface area contributed by atoms with E-state index in [1.165, 1.54) is 5.56 Å². The number of rotatable bonds is 1. The third kappa shape index (κ3) is 1.36. The Morgan fingerprint density at radius 1 is 1.56 bits per heavy atom. The van der Waals surface area contributed by atoms with Crippen LogP contribution in [-0.4, -0.2) is 0 Å². The van der Waals surface area contributed by atoms with Crippen LogP contribution in [0.25, 0.3) is 0 Å². The molecule has 50 valence electrons. The van der Waals surface area contributed by atoms with Crippen LogP contribution in [0.2, 0.25) is 0 Å². The zero-order valence-electron chi connectivity index (χ0n) is 5.52. The fourth-order valence-electron chi connectivity index (χ4n) is 0.720. The summed E-state index contributed by atoms with van der Waals surface area (Å²) >= 11 is 3.30. The molecule has 0 radical (unpaired) electrons. The first-order chi connectivity index (χ1) is 4.22. The lowest BCUT2D eigenvalue weighted by molar-refractivity contribution is 0.534. The van der Waals surface area contributed by atoms with Crippen molar-refractivity contribution in [2.45, 2.75) is 19.8 Å². The first kappa shape index (κ1) is 6.87. The molecule has 0 aliphatic rings. The van der Waals surface area contributed by atoms with E-state index in [4.69, 9.17) is 4.42 Å². The maximum atomic E-state index is 5.04. The lowest BCUT2D eigenvalue weighted by Crippen LogP contribution is -1.82. The molecule has 0 fully saturated rings. The average molecular weight is 189 g/mol. The van der Waals surface area contributed by atoms with Crippen LogP contribution in [0.15, 0.2) is 21.4 Å². The normalized spacial score (nSPS) is 10.7. The van der Waals surface area contributed by atoms with Crippen LogP contribution in [0.4, 0.5) is 0 Å².